The highest BCUT2D eigenvalue weighted by molar-refractivity contribution is 9.10. The van der Waals surface area contributed by atoms with Crippen molar-refractivity contribution >= 4 is 21.6 Å². The van der Waals surface area contributed by atoms with Gasteiger partial charge in [0.05, 0.1) is 0 Å². The van der Waals surface area contributed by atoms with Crippen LogP contribution in [-0.4, -0.2) is 6.36 Å². The van der Waals surface area contributed by atoms with E-state index in [1.807, 2.05) is 0 Å². The second-order valence-electron chi connectivity index (χ2n) is 4.16. The van der Waals surface area contributed by atoms with Gasteiger partial charge in [-0.1, -0.05) is 15.9 Å². The van der Waals surface area contributed by atoms with Gasteiger partial charge in [-0.25, -0.2) is 4.39 Å². The second-order valence-corrected chi connectivity index (χ2v) is 5.08. The van der Waals surface area contributed by atoms with Gasteiger partial charge in [0, 0.05) is 22.3 Å². The van der Waals surface area contributed by atoms with Crippen molar-refractivity contribution in [2.75, 3.05) is 5.32 Å². The molecule has 0 spiro atoms. The van der Waals surface area contributed by atoms with Gasteiger partial charge in [0.1, 0.15) is 11.6 Å². The fourth-order valence-electron chi connectivity index (χ4n) is 1.65. The first-order valence-electron chi connectivity index (χ1n) is 5.87. The first-order chi connectivity index (χ1) is 9.83. The Hall–Kier alpha value is -1.76. The predicted molar refractivity (Wildman–Crippen MR) is 74.6 cm³/mol. The number of anilines is 1. The number of ether oxygens (including phenoxy) is 1. The topological polar surface area (TPSA) is 21.3 Å². The van der Waals surface area contributed by atoms with Crippen LogP contribution in [0.5, 0.6) is 5.75 Å². The van der Waals surface area contributed by atoms with Gasteiger partial charge < -0.3 is 10.1 Å². The zero-order valence-electron chi connectivity index (χ0n) is 10.5. The Kier molecular flexibility index (Phi) is 4.72. The summed E-state index contributed by atoms with van der Waals surface area (Å²) < 4.78 is 54.1. The fraction of sp³-hybridized carbons (Fsp3) is 0.143. The molecule has 21 heavy (non-hydrogen) atoms. The third-order valence-corrected chi connectivity index (χ3v) is 3.07. The third kappa shape index (κ3) is 4.93. The van der Waals surface area contributed by atoms with Crippen molar-refractivity contribution in [3.63, 3.8) is 0 Å². The maximum atomic E-state index is 13.5. The number of nitrogens with one attached hydrogen (secondary N) is 1. The number of hydrogen-bond donors (Lipinski definition) is 1. The SMILES string of the molecule is Fc1ccc(Br)cc1CNc1ccc(OC(F)(F)F)cc1. The smallest absolute Gasteiger partial charge is 0.406 e. The molecule has 2 nitrogen and oxygen atoms in total. The van der Waals surface area contributed by atoms with Crippen LogP contribution in [-0.2, 0) is 6.54 Å². The van der Waals surface area contributed by atoms with E-state index in [4.69, 9.17) is 0 Å². The van der Waals surface area contributed by atoms with Crippen molar-refractivity contribution in [2.24, 2.45) is 0 Å². The minimum absolute atomic E-state index is 0.213. The van der Waals surface area contributed by atoms with Crippen molar-refractivity contribution in [3.8, 4) is 5.75 Å². The van der Waals surface area contributed by atoms with E-state index in [0.29, 0.717) is 11.3 Å². The summed E-state index contributed by atoms with van der Waals surface area (Å²) in [7, 11) is 0. The summed E-state index contributed by atoms with van der Waals surface area (Å²) in [5.74, 6) is -0.663. The normalized spacial score (nSPS) is 11.3. The summed E-state index contributed by atoms with van der Waals surface area (Å²) in [4.78, 5) is 0. The molecule has 0 unspecified atom stereocenters. The van der Waals surface area contributed by atoms with Crippen LogP contribution in [0.2, 0.25) is 0 Å². The van der Waals surface area contributed by atoms with E-state index in [9.17, 15) is 17.6 Å². The monoisotopic (exact) mass is 363 g/mol. The zero-order chi connectivity index (χ0) is 15.5. The van der Waals surface area contributed by atoms with Gasteiger partial charge in [-0.2, -0.15) is 0 Å². The standard InChI is InChI=1S/C14H10BrF4NO/c15-10-1-6-13(16)9(7-10)8-20-11-2-4-12(5-3-11)21-14(17,18)19/h1-7,20H,8H2. The Morgan fingerprint density at radius 1 is 1.05 bits per heavy atom. The van der Waals surface area contributed by atoms with Crippen LogP contribution >= 0.6 is 15.9 Å². The molecule has 7 heteroatoms. The summed E-state index contributed by atoms with van der Waals surface area (Å²) in [6.45, 7) is 0.213. The molecule has 0 heterocycles. The highest BCUT2D eigenvalue weighted by Gasteiger charge is 2.30. The van der Waals surface area contributed by atoms with E-state index in [1.165, 1.54) is 30.3 Å². The van der Waals surface area contributed by atoms with Crippen molar-refractivity contribution in [2.45, 2.75) is 12.9 Å². The predicted octanol–water partition coefficient (Wildman–Crippen LogP) is 5.10. The molecule has 0 atom stereocenters. The number of halogens is 5. The maximum absolute atomic E-state index is 13.5. The van der Waals surface area contributed by atoms with Crippen LogP contribution in [0.25, 0.3) is 0 Å². The molecule has 0 aliphatic rings. The van der Waals surface area contributed by atoms with E-state index < -0.39 is 6.36 Å². The highest BCUT2D eigenvalue weighted by atomic mass is 79.9. The molecule has 0 radical (unpaired) electrons. The molecular weight excluding hydrogens is 354 g/mol. The molecule has 112 valence electrons. The minimum Gasteiger partial charge on any atom is -0.406 e. The molecule has 0 fully saturated rings. The van der Waals surface area contributed by atoms with E-state index >= 15 is 0 Å². The van der Waals surface area contributed by atoms with Gasteiger partial charge in [0.25, 0.3) is 0 Å². The van der Waals surface area contributed by atoms with Crippen molar-refractivity contribution in [3.05, 3.63) is 58.3 Å². The molecule has 2 rings (SSSR count). The maximum Gasteiger partial charge on any atom is 0.573 e. The molecule has 0 amide bonds. The first kappa shape index (κ1) is 15.6. The summed E-state index contributed by atoms with van der Waals surface area (Å²) in [5, 5.41) is 2.92. The lowest BCUT2D eigenvalue weighted by atomic mass is 10.2. The van der Waals surface area contributed by atoms with Crippen LogP contribution < -0.4 is 10.1 Å². The molecule has 0 aromatic heterocycles. The molecule has 0 aliphatic carbocycles. The summed E-state index contributed by atoms with van der Waals surface area (Å²) in [6, 6.07) is 9.78. The zero-order valence-corrected chi connectivity index (χ0v) is 12.1. The highest BCUT2D eigenvalue weighted by Crippen LogP contribution is 2.24. The molecular formula is C14H10BrF4NO. The van der Waals surface area contributed by atoms with E-state index in [1.54, 1.807) is 12.1 Å². The Morgan fingerprint density at radius 2 is 1.71 bits per heavy atom. The Bertz CT molecular complexity index is 613. The van der Waals surface area contributed by atoms with Crippen LogP contribution in [0.4, 0.5) is 23.2 Å². The molecule has 0 bridgehead atoms. The van der Waals surface area contributed by atoms with E-state index in [-0.39, 0.29) is 18.1 Å². The Balaban J connectivity index is 1.99. The lowest BCUT2D eigenvalue weighted by Gasteiger charge is -2.11. The minimum atomic E-state index is -4.71. The third-order valence-electron chi connectivity index (χ3n) is 2.58. The van der Waals surface area contributed by atoms with Gasteiger partial charge in [0.2, 0.25) is 0 Å². The molecule has 2 aromatic carbocycles. The van der Waals surface area contributed by atoms with E-state index in [2.05, 4.69) is 26.0 Å². The van der Waals surface area contributed by atoms with Crippen LogP contribution in [0, 0.1) is 5.82 Å². The van der Waals surface area contributed by atoms with E-state index in [0.717, 1.165) is 4.47 Å². The average molecular weight is 364 g/mol. The summed E-state index contributed by atoms with van der Waals surface area (Å²) >= 11 is 3.24. The molecule has 0 saturated carbocycles. The molecule has 1 N–H and O–H groups in total. The fourth-order valence-corrected chi connectivity index (χ4v) is 2.06. The first-order valence-corrected chi connectivity index (χ1v) is 6.66. The summed E-state index contributed by atoms with van der Waals surface area (Å²) in [6.07, 6.45) is -4.71. The molecule has 0 saturated heterocycles. The Labute approximate surface area is 126 Å². The van der Waals surface area contributed by atoms with Crippen LogP contribution in [0.15, 0.2) is 46.9 Å². The second kappa shape index (κ2) is 6.34. The van der Waals surface area contributed by atoms with Crippen LogP contribution in [0.3, 0.4) is 0 Å². The van der Waals surface area contributed by atoms with Gasteiger partial charge >= 0.3 is 6.36 Å². The van der Waals surface area contributed by atoms with Gasteiger partial charge in [0.15, 0.2) is 0 Å². The van der Waals surface area contributed by atoms with Crippen molar-refractivity contribution in [1.82, 2.24) is 0 Å². The van der Waals surface area contributed by atoms with Crippen molar-refractivity contribution in [1.29, 1.82) is 0 Å². The Morgan fingerprint density at radius 3 is 2.33 bits per heavy atom. The number of hydrogen-bond acceptors (Lipinski definition) is 2. The lowest BCUT2D eigenvalue weighted by Crippen LogP contribution is -2.17. The lowest BCUT2D eigenvalue weighted by molar-refractivity contribution is -0.274. The average Bonchev–Trinajstić information content (AvgIpc) is 2.40. The van der Waals surface area contributed by atoms with Crippen LogP contribution in [0.1, 0.15) is 5.56 Å². The molecule has 2 aromatic rings. The number of alkyl halides is 3. The quantitative estimate of drug-likeness (QED) is 0.763. The molecule has 0 aliphatic heterocycles. The summed E-state index contributed by atoms with van der Waals surface area (Å²) in [5.41, 5.74) is 1.00. The number of benzene rings is 2. The van der Waals surface area contributed by atoms with Crippen molar-refractivity contribution < 1.29 is 22.3 Å². The largest absolute Gasteiger partial charge is 0.573 e. The van der Waals surface area contributed by atoms with Gasteiger partial charge in [-0.15, -0.1) is 13.2 Å². The van der Waals surface area contributed by atoms with Gasteiger partial charge in [-0.05, 0) is 42.5 Å². The number of rotatable bonds is 4. The van der Waals surface area contributed by atoms with Gasteiger partial charge in [-0.3, -0.25) is 0 Å².